The summed E-state index contributed by atoms with van der Waals surface area (Å²) in [4.78, 5) is 0. The van der Waals surface area contributed by atoms with E-state index >= 15 is 0 Å². The molecule has 0 aromatic heterocycles. The van der Waals surface area contributed by atoms with E-state index in [9.17, 15) is 0 Å². The number of nitrogens with one attached hydrogen (secondary N) is 1. The van der Waals surface area contributed by atoms with Gasteiger partial charge in [0.2, 0.25) is 0 Å². The second kappa shape index (κ2) is 4.77. The first kappa shape index (κ1) is 9.22. The molecule has 0 aromatic carbocycles. The van der Waals surface area contributed by atoms with Crippen molar-refractivity contribution in [2.24, 2.45) is 0 Å². The average molecular weight is 181 g/mol. The molecule has 2 heteroatoms. The van der Waals surface area contributed by atoms with E-state index < -0.39 is 0 Å². The molecule has 2 unspecified atom stereocenters. The lowest BCUT2D eigenvalue weighted by Gasteiger charge is -2.29. The van der Waals surface area contributed by atoms with Crippen LogP contribution in [-0.2, 0) is 4.74 Å². The summed E-state index contributed by atoms with van der Waals surface area (Å²) in [5.74, 6) is 0. The minimum absolute atomic E-state index is 0.616. The van der Waals surface area contributed by atoms with Crippen molar-refractivity contribution in [3.8, 4) is 0 Å². The van der Waals surface area contributed by atoms with Crippen LogP contribution in [0.15, 0.2) is 12.2 Å². The standard InChI is InChI=1S/C11H19NO/c1-2-5-10(6-3-1)12-11-7-4-8-13-9-11/h1-2,10-12H,3-9H2. The fraction of sp³-hybridized carbons (Fsp3) is 0.818. The highest BCUT2D eigenvalue weighted by Crippen LogP contribution is 2.14. The van der Waals surface area contributed by atoms with Gasteiger partial charge in [0.05, 0.1) is 6.61 Å². The van der Waals surface area contributed by atoms with Gasteiger partial charge in [-0.15, -0.1) is 0 Å². The van der Waals surface area contributed by atoms with Crippen LogP contribution in [0.25, 0.3) is 0 Å². The lowest BCUT2D eigenvalue weighted by atomic mass is 10.00. The highest BCUT2D eigenvalue weighted by Gasteiger charge is 2.18. The SMILES string of the molecule is C1=CCC(NC2CCCOC2)CC1. The molecule has 1 saturated heterocycles. The molecule has 0 aromatic rings. The molecule has 1 N–H and O–H groups in total. The van der Waals surface area contributed by atoms with Crippen LogP contribution in [0.2, 0.25) is 0 Å². The smallest absolute Gasteiger partial charge is 0.0619 e. The molecule has 1 aliphatic carbocycles. The predicted octanol–water partition coefficient (Wildman–Crippen LogP) is 1.86. The maximum absolute atomic E-state index is 5.44. The van der Waals surface area contributed by atoms with Gasteiger partial charge in [-0.3, -0.25) is 0 Å². The Morgan fingerprint density at radius 1 is 1.15 bits per heavy atom. The summed E-state index contributed by atoms with van der Waals surface area (Å²) >= 11 is 0. The molecule has 2 rings (SSSR count). The summed E-state index contributed by atoms with van der Waals surface area (Å²) in [7, 11) is 0. The molecule has 74 valence electrons. The van der Waals surface area contributed by atoms with Gasteiger partial charge in [-0.05, 0) is 32.1 Å². The lowest BCUT2D eigenvalue weighted by molar-refractivity contribution is 0.0659. The Labute approximate surface area is 80.4 Å². The minimum atomic E-state index is 0.616. The number of hydrogen-bond acceptors (Lipinski definition) is 2. The third-order valence-corrected chi connectivity index (χ3v) is 2.90. The van der Waals surface area contributed by atoms with Crippen molar-refractivity contribution in [2.75, 3.05) is 13.2 Å². The first-order valence-electron chi connectivity index (χ1n) is 5.44. The third kappa shape index (κ3) is 2.82. The Kier molecular flexibility index (Phi) is 3.39. The Morgan fingerprint density at radius 3 is 2.85 bits per heavy atom. The van der Waals surface area contributed by atoms with Crippen LogP contribution < -0.4 is 5.32 Å². The van der Waals surface area contributed by atoms with Crippen LogP contribution in [0.5, 0.6) is 0 Å². The largest absolute Gasteiger partial charge is 0.380 e. The number of hydrogen-bond donors (Lipinski definition) is 1. The molecule has 0 radical (unpaired) electrons. The van der Waals surface area contributed by atoms with Gasteiger partial charge in [-0.25, -0.2) is 0 Å². The Morgan fingerprint density at radius 2 is 2.15 bits per heavy atom. The monoisotopic (exact) mass is 181 g/mol. The molecule has 2 nitrogen and oxygen atoms in total. The van der Waals surface area contributed by atoms with Gasteiger partial charge in [0.25, 0.3) is 0 Å². The van der Waals surface area contributed by atoms with Gasteiger partial charge in [-0.1, -0.05) is 12.2 Å². The van der Waals surface area contributed by atoms with Gasteiger partial charge >= 0.3 is 0 Å². The van der Waals surface area contributed by atoms with E-state index in [4.69, 9.17) is 4.74 Å². The summed E-state index contributed by atoms with van der Waals surface area (Å²) in [6.07, 6.45) is 10.8. The van der Waals surface area contributed by atoms with Crippen molar-refractivity contribution in [1.82, 2.24) is 5.32 Å². The van der Waals surface area contributed by atoms with Crippen LogP contribution in [0, 0.1) is 0 Å². The van der Waals surface area contributed by atoms with Crippen LogP contribution in [0.3, 0.4) is 0 Å². The predicted molar refractivity (Wildman–Crippen MR) is 53.8 cm³/mol. The summed E-state index contributed by atoms with van der Waals surface area (Å²) in [5.41, 5.74) is 0. The number of ether oxygens (including phenoxy) is 1. The van der Waals surface area contributed by atoms with E-state index in [0.29, 0.717) is 12.1 Å². The van der Waals surface area contributed by atoms with E-state index in [-0.39, 0.29) is 0 Å². The van der Waals surface area contributed by atoms with Crippen LogP contribution >= 0.6 is 0 Å². The second-order valence-electron chi connectivity index (χ2n) is 4.06. The van der Waals surface area contributed by atoms with Crippen molar-refractivity contribution >= 4 is 0 Å². The fourth-order valence-electron chi connectivity index (χ4n) is 2.15. The van der Waals surface area contributed by atoms with Crippen LogP contribution in [0.1, 0.15) is 32.1 Å². The first-order valence-corrected chi connectivity index (χ1v) is 5.44. The first-order chi connectivity index (χ1) is 6.45. The molecular formula is C11H19NO. The van der Waals surface area contributed by atoms with Gasteiger partial charge in [-0.2, -0.15) is 0 Å². The summed E-state index contributed by atoms with van der Waals surface area (Å²) < 4.78 is 5.44. The van der Waals surface area contributed by atoms with Gasteiger partial charge in [0.1, 0.15) is 0 Å². The maximum atomic E-state index is 5.44. The molecule has 0 amide bonds. The Hall–Kier alpha value is -0.340. The highest BCUT2D eigenvalue weighted by atomic mass is 16.5. The van der Waals surface area contributed by atoms with Crippen molar-refractivity contribution < 1.29 is 4.74 Å². The summed E-state index contributed by atoms with van der Waals surface area (Å²) in [6.45, 7) is 1.88. The van der Waals surface area contributed by atoms with E-state index in [1.807, 2.05) is 0 Å². The van der Waals surface area contributed by atoms with E-state index in [2.05, 4.69) is 17.5 Å². The Bertz CT molecular complexity index is 173. The molecule has 2 atom stereocenters. The highest BCUT2D eigenvalue weighted by molar-refractivity contribution is 4.94. The zero-order valence-electron chi connectivity index (χ0n) is 8.17. The fourth-order valence-corrected chi connectivity index (χ4v) is 2.15. The maximum Gasteiger partial charge on any atom is 0.0619 e. The molecule has 1 aliphatic heterocycles. The molecule has 0 saturated carbocycles. The summed E-state index contributed by atoms with van der Waals surface area (Å²) in [5, 5.41) is 3.68. The molecule has 0 spiro atoms. The van der Waals surface area contributed by atoms with Gasteiger partial charge in [0, 0.05) is 18.7 Å². The van der Waals surface area contributed by atoms with Crippen molar-refractivity contribution in [3.63, 3.8) is 0 Å². The normalized spacial score (nSPS) is 34.8. The minimum Gasteiger partial charge on any atom is -0.380 e. The van der Waals surface area contributed by atoms with E-state index in [1.165, 1.54) is 32.1 Å². The van der Waals surface area contributed by atoms with Gasteiger partial charge in [0.15, 0.2) is 0 Å². The molecule has 1 fully saturated rings. The topological polar surface area (TPSA) is 21.3 Å². The second-order valence-corrected chi connectivity index (χ2v) is 4.06. The van der Waals surface area contributed by atoms with Gasteiger partial charge < -0.3 is 10.1 Å². The molecule has 2 aliphatic rings. The van der Waals surface area contributed by atoms with Crippen LogP contribution in [0.4, 0.5) is 0 Å². The van der Waals surface area contributed by atoms with E-state index in [1.54, 1.807) is 0 Å². The van der Waals surface area contributed by atoms with Crippen molar-refractivity contribution in [3.05, 3.63) is 12.2 Å². The average Bonchev–Trinajstić information content (AvgIpc) is 2.21. The molecule has 13 heavy (non-hydrogen) atoms. The van der Waals surface area contributed by atoms with E-state index in [0.717, 1.165) is 13.2 Å². The molecule has 1 heterocycles. The van der Waals surface area contributed by atoms with Crippen molar-refractivity contribution in [2.45, 2.75) is 44.2 Å². The zero-order chi connectivity index (χ0) is 8.93. The quantitative estimate of drug-likeness (QED) is 0.657. The van der Waals surface area contributed by atoms with Crippen molar-refractivity contribution in [1.29, 1.82) is 0 Å². The summed E-state index contributed by atoms with van der Waals surface area (Å²) in [6, 6.07) is 1.32. The number of allylic oxidation sites excluding steroid dienone is 1. The number of rotatable bonds is 2. The molecule has 0 bridgehead atoms. The lowest BCUT2D eigenvalue weighted by Crippen LogP contribution is -2.43. The zero-order valence-corrected chi connectivity index (χ0v) is 8.17. The molecular weight excluding hydrogens is 162 g/mol. The van der Waals surface area contributed by atoms with Crippen LogP contribution in [-0.4, -0.2) is 25.3 Å². The third-order valence-electron chi connectivity index (χ3n) is 2.90. The Balaban J connectivity index is 1.72.